The maximum absolute atomic E-state index is 12.8. The summed E-state index contributed by atoms with van der Waals surface area (Å²) in [6, 6.07) is 6.71. The molecule has 3 atom stereocenters. The summed E-state index contributed by atoms with van der Waals surface area (Å²) >= 11 is 0. The number of amides is 2. The SMILES string of the molecule is CCN(CC)C(=O)Nn1c(C(C)O)c2c3c(cccc31)[C@H]1CCCN(C)[C@@H]1C2. The van der Waals surface area contributed by atoms with Crippen LogP contribution in [0.2, 0.25) is 0 Å². The number of urea groups is 1. The smallest absolute Gasteiger partial charge is 0.336 e. The van der Waals surface area contributed by atoms with Crippen LogP contribution in [0, 0.1) is 0 Å². The van der Waals surface area contributed by atoms with Crippen LogP contribution in [0.4, 0.5) is 4.79 Å². The van der Waals surface area contributed by atoms with Gasteiger partial charge in [-0.05, 0) is 70.8 Å². The average molecular weight is 385 g/mol. The van der Waals surface area contributed by atoms with Gasteiger partial charge in [0, 0.05) is 30.4 Å². The molecule has 0 saturated carbocycles. The lowest BCUT2D eigenvalue weighted by Gasteiger charge is -2.42. The Morgan fingerprint density at radius 1 is 1.36 bits per heavy atom. The molecule has 1 fully saturated rings. The van der Waals surface area contributed by atoms with Gasteiger partial charge < -0.3 is 14.9 Å². The van der Waals surface area contributed by atoms with Crippen molar-refractivity contribution in [1.82, 2.24) is 14.5 Å². The highest BCUT2D eigenvalue weighted by Gasteiger charge is 2.38. The number of hydrogen-bond donors (Lipinski definition) is 2. The Balaban J connectivity index is 1.88. The zero-order valence-electron chi connectivity index (χ0n) is 17.4. The fourth-order valence-corrected chi connectivity index (χ4v) is 5.31. The van der Waals surface area contributed by atoms with E-state index >= 15 is 0 Å². The molecule has 152 valence electrons. The molecule has 2 amide bonds. The topological polar surface area (TPSA) is 60.7 Å². The highest BCUT2D eigenvalue weighted by atomic mass is 16.3. The monoisotopic (exact) mass is 384 g/mol. The van der Waals surface area contributed by atoms with Crippen LogP contribution in [0.5, 0.6) is 0 Å². The zero-order valence-corrected chi connectivity index (χ0v) is 17.4. The number of rotatable bonds is 4. The van der Waals surface area contributed by atoms with Gasteiger partial charge in [0.2, 0.25) is 0 Å². The molecule has 2 heterocycles. The van der Waals surface area contributed by atoms with Gasteiger partial charge in [-0.1, -0.05) is 12.1 Å². The van der Waals surface area contributed by atoms with Crippen molar-refractivity contribution in [2.24, 2.45) is 0 Å². The summed E-state index contributed by atoms with van der Waals surface area (Å²) in [6.07, 6.45) is 2.68. The molecule has 1 aliphatic heterocycles. The molecule has 2 aliphatic rings. The highest BCUT2D eigenvalue weighted by Crippen LogP contribution is 2.45. The van der Waals surface area contributed by atoms with Crippen LogP contribution in [0.1, 0.15) is 62.5 Å². The molecule has 6 heteroatoms. The third kappa shape index (κ3) is 2.90. The van der Waals surface area contributed by atoms with E-state index < -0.39 is 6.10 Å². The summed E-state index contributed by atoms with van der Waals surface area (Å²) in [5.74, 6) is 0.520. The van der Waals surface area contributed by atoms with E-state index in [0.717, 1.165) is 24.2 Å². The third-order valence-corrected chi connectivity index (χ3v) is 6.69. The Hall–Kier alpha value is -2.05. The van der Waals surface area contributed by atoms with Crippen LogP contribution in [-0.2, 0) is 6.42 Å². The Morgan fingerprint density at radius 2 is 2.11 bits per heavy atom. The number of fused-ring (bicyclic) bond motifs is 2. The van der Waals surface area contributed by atoms with E-state index in [1.165, 1.54) is 29.4 Å². The van der Waals surface area contributed by atoms with Crippen LogP contribution in [0.3, 0.4) is 0 Å². The van der Waals surface area contributed by atoms with Gasteiger partial charge in [0.15, 0.2) is 0 Å². The van der Waals surface area contributed by atoms with E-state index in [2.05, 4.69) is 35.6 Å². The molecule has 2 N–H and O–H groups in total. The number of piperidine rings is 1. The number of likely N-dealkylation sites (N-methyl/N-ethyl adjacent to an activating group) is 1. The standard InChI is InChI=1S/C22H32N4O2/c1-5-25(6-2)22(28)23-26-18-11-7-9-16-15-10-8-12-24(4)19(15)13-17(20(16)18)21(26)14(3)27/h7,9,11,14-15,19,27H,5-6,8,10,12-13H2,1-4H3,(H,23,28)/t14?,15-,19-/m1/s1. The fraction of sp³-hybridized carbons (Fsp3) is 0.591. The number of aliphatic hydroxyl groups is 1. The summed E-state index contributed by atoms with van der Waals surface area (Å²) in [5, 5.41) is 11.9. The first-order valence-electron chi connectivity index (χ1n) is 10.6. The summed E-state index contributed by atoms with van der Waals surface area (Å²) in [5.41, 5.74) is 7.44. The largest absolute Gasteiger partial charge is 0.387 e. The number of nitrogens with one attached hydrogen (secondary N) is 1. The quantitative estimate of drug-likeness (QED) is 0.849. The van der Waals surface area contributed by atoms with Gasteiger partial charge in [-0.3, -0.25) is 4.68 Å². The number of likely N-dealkylation sites (tertiary alicyclic amines) is 1. The second kappa shape index (κ2) is 7.41. The summed E-state index contributed by atoms with van der Waals surface area (Å²) in [6.45, 7) is 8.17. The van der Waals surface area contributed by atoms with Crippen molar-refractivity contribution in [1.29, 1.82) is 0 Å². The van der Waals surface area contributed by atoms with Crippen molar-refractivity contribution >= 4 is 16.9 Å². The molecule has 0 bridgehead atoms. The number of nitrogens with zero attached hydrogens (tertiary/aromatic N) is 3. The average Bonchev–Trinajstić information content (AvgIpc) is 2.98. The maximum atomic E-state index is 12.8. The Morgan fingerprint density at radius 3 is 2.79 bits per heavy atom. The summed E-state index contributed by atoms with van der Waals surface area (Å²) in [7, 11) is 2.21. The van der Waals surface area contributed by atoms with Gasteiger partial charge in [-0.2, -0.15) is 0 Å². The number of aromatic nitrogens is 1. The van der Waals surface area contributed by atoms with Crippen molar-refractivity contribution < 1.29 is 9.90 Å². The minimum Gasteiger partial charge on any atom is -0.387 e. The minimum atomic E-state index is -0.655. The normalized spacial score (nSPS) is 22.8. The van der Waals surface area contributed by atoms with E-state index in [4.69, 9.17) is 0 Å². The fourth-order valence-electron chi connectivity index (χ4n) is 5.31. The van der Waals surface area contributed by atoms with E-state index in [9.17, 15) is 9.90 Å². The summed E-state index contributed by atoms with van der Waals surface area (Å²) in [4.78, 5) is 17.0. The number of aliphatic hydroxyl groups excluding tert-OH is 1. The van der Waals surface area contributed by atoms with Gasteiger partial charge in [0.05, 0.1) is 17.3 Å². The molecule has 0 spiro atoms. The first-order chi connectivity index (χ1) is 13.5. The number of benzene rings is 1. The molecule has 4 rings (SSSR count). The molecule has 28 heavy (non-hydrogen) atoms. The van der Waals surface area contributed by atoms with Crippen LogP contribution in [-0.4, -0.2) is 58.3 Å². The second-order valence-corrected chi connectivity index (χ2v) is 8.21. The van der Waals surface area contributed by atoms with Crippen LogP contribution < -0.4 is 5.43 Å². The lowest BCUT2D eigenvalue weighted by atomic mass is 9.74. The van der Waals surface area contributed by atoms with Crippen LogP contribution >= 0.6 is 0 Å². The number of hydrogen-bond acceptors (Lipinski definition) is 3. The van der Waals surface area contributed by atoms with Crippen molar-refractivity contribution in [3.8, 4) is 0 Å². The highest BCUT2D eigenvalue weighted by molar-refractivity contribution is 5.93. The lowest BCUT2D eigenvalue weighted by molar-refractivity contribution is 0.153. The molecule has 1 aromatic heterocycles. The van der Waals surface area contributed by atoms with Crippen molar-refractivity contribution in [3.63, 3.8) is 0 Å². The molecule has 1 saturated heterocycles. The van der Waals surface area contributed by atoms with Gasteiger partial charge in [0.1, 0.15) is 0 Å². The van der Waals surface area contributed by atoms with E-state index in [1.54, 1.807) is 11.8 Å². The molecule has 1 aromatic carbocycles. The van der Waals surface area contributed by atoms with Gasteiger partial charge in [-0.15, -0.1) is 0 Å². The zero-order chi connectivity index (χ0) is 20.0. The number of carbonyl (C=O) groups excluding carboxylic acids is 1. The van der Waals surface area contributed by atoms with Crippen molar-refractivity contribution in [2.75, 3.05) is 32.1 Å². The van der Waals surface area contributed by atoms with E-state index in [1.807, 2.05) is 18.5 Å². The first kappa shape index (κ1) is 19.3. The van der Waals surface area contributed by atoms with Gasteiger partial charge >= 0.3 is 6.03 Å². The van der Waals surface area contributed by atoms with Crippen molar-refractivity contribution in [2.45, 2.75) is 58.1 Å². The number of carbonyl (C=O) groups is 1. The first-order valence-corrected chi connectivity index (χ1v) is 10.6. The molecule has 1 aliphatic carbocycles. The van der Waals surface area contributed by atoms with Gasteiger partial charge in [-0.25, -0.2) is 10.2 Å². The molecule has 2 aromatic rings. The molecular weight excluding hydrogens is 352 g/mol. The molecule has 0 radical (unpaired) electrons. The minimum absolute atomic E-state index is 0.130. The molecular formula is C22H32N4O2. The Labute approximate surface area is 167 Å². The molecule has 6 nitrogen and oxygen atoms in total. The Bertz CT molecular complexity index is 884. The predicted octanol–water partition coefficient (Wildman–Crippen LogP) is 3.43. The van der Waals surface area contributed by atoms with E-state index in [0.29, 0.717) is 25.0 Å². The predicted molar refractivity (Wildman–Crippen MR) is 112 cm³/mol. The van der Waals surface area contributed by atoms with E-state index in [-0.39, 0.29) is 6.03 Å². The Kier molecular flexibility index (Phi) is 5.10. The summed E-state index contributed by atoms with van der Waals surface area (Å²) < 4.78 is 1.84. The van der Waals surface area contributed by atoms with Crippen LogP contribution in [0.25, 0.3) is 10.9 Å². The maximum Gasteiger partial charge on any atom is 0.336 e. The lowest BCUT2D eigenvalue weighted by Crippen LogP contribution is -2.44. The molecule has 1 unspecified atom stereocenters. The third-order valence-electron chi connectivity index (χ3n) is 6.69. The van der Waals surface area contributed by atoms with Crippen molar-refractivity contribution in [3.05, 3.63) is 35.0 Å². The van der Waals surface area contributed by atoms with Crippen LogP contribution in [0.15, 0.2) is 18.2 Å². The second-order valence-electron chi connectivity index (χ2n) is 8.21. The van der Waals surface area contributed by atoms with Gasteiger partial charge in [0.25, 0.3) is 0 Å².